The molecule has 158 valence electrons. The lowest BCUT2D eigenvalue weighted by atomic mass is 10.0. The molecule has 0 aliphatic heterocycles. The van der Waals surface area contributed by atoms with Gasteiger partial charge in [-0.15, -0.1) is 0 Å². The van der Waals surface area contributed by atoms with Crippen LogP contribution in [0, 0.1) is 0 Å². The minimum absolute atomic E-state index is 1.15. The molecule has 3 aromatic rings. The zero-order valence-corrected chi connectivity index (χ0v) is 19.1. The van der Waals surface area contributed by atoms with Crippen molar-refractivity contribution in [2.24, 2.45) is 0 Å². The molecular formula is C28H36N2. The van der Waals surface area contributed by atoms with Crippen LogP contribution in [0.1, 0.15) is 50.7 Å². The summed E-state index contributed by atoms with van der Waals surface area (Å²) in [5.74, 6) is 0. The van der Waals surface area contributed by atoms with Crippen molar-refractivity contribution < 1.29 is 0 Å². The van der Waals surface area contributed by atoms with Crippen molar-refractivity contribution in [1.82, 2.24) is 0 Å². The second-order valence-electron chi connectivity index (χ2n) is 8.23. The molecule has 0 saturated carbocycles. The summed E-state index contributed by atoms with van der Waals surface area (Å²) in [6.45, 7) is 6.83. The molecule has 0 bridgehead atoms. The van der Waals surface area contributed by atoms with Gasteiger partial charge in [-0.05, 0) is 47.6 Å². The van der Waals surface area contributed by atoms with Crippen molar-refractivity contribution in [1.29, 1.82) is 0 Å². The fourth-order valence-electron chi connectivity index (χ4n) is 3.89. The number of anilines is 2. The second-order valence-corrected chi connectivity index (χ2v) is 8.23. The third-order valence-corrected chi connectivity index (χ3v) is 5.69. The molecule has 0 heterocycles. The van der Waals surface area contributed by atoms with E-state index >= 15 is 0 Å². The maximum atomic E-state index is 2.54. The Morgan fingerprint density at radius 2 is 1.33 bits per heavy atom. The van der Waals surface area contributed by atoms with Gasteiger partial charge in [-0.3, -0.25) is 0 Å². The van der Waals surface area contributed by atoms with Crippen LogP contribution in [0.4, 0.5) is 11.4 Å². The van der Waals surface area contributed by atoms with Gasteiger partial charge in [0.25, 0.3) is 0 Å². The molecule has 0 atom stereocenters. The molecule has 0 aliphatic carbocycles. The molecule has 0 aromatic heterocycles. The van der Waals surface area contributed by atoms with E-state index in [9.17, 15) is 0 Å². The second kappa shape index (κ2) is 10.9. The van der Waals surface area contributed by atoms with Crippen molar-refractivity contribution in [3.05, 3.63) is 71.8 Å². The smallest absolute Gasteiger partial charge is 0.0441 e. The third-order valence-electron chi connectivity index (χ3n) is 5.69. The van der Waals surface area contributed by atoms with Gasteiger partial charge < -0.3 is 9.80 Å². The van der Waals surface area contributed by atoms with Gasteiger partial charge in [-0.2, -0.15) is 0 Å². The summed E-state index contributed by atoms with van der Waals surface area (Å²) in [5.41, 5.74) is 5.10. The van der Waals surface area contributed by atoms with Crippen molar-refractivity contribution in [2.45, 2.75) is 39.5 Å². The Kier molecular flexibility index (Phi) is 7.96. The predicted molar refractivity (Wildman–Crippen MR) is 136 cm³/mol. The van der Waals surface area contributed by atoms with Crippen molar-refractivity contribution in [3.8, 4) is 0 Å². The summed E-state index contributed by atoms with van der Waals surface area (Å²) in [5, 5.41) is 2.59. The Balaban J connectivity index is 1.81. The van der Waals surface area contributed by atoms with E-state index in [2.05, 4.69) is 111 Å². The molecule has 0 spiro atoms. The van der Waals surface area contributed by atoms with E-state index in [0.717, 1.165) is 13.1 Å². The third kappa shape index (κ3) is 5.44. The summed E-state index contributed by atoms with van der Waals surface area (Å²) < 4.78 is 0. The first-order valence-electron chi connectivity index (χ1n) is 11.4. The minimum Gasteiger partial charge on any atom is -0.377 e. The van der Waals surface area contributed by atoms with Gasteiger partial charge >= 0.3 is 0 Å². The molecule has 0 N–H and O–H groups in total. The topological polar surface area (TPSA) is 6.48 Å². The number of hydrogen-bond donors (Lipinski definition) is 0. The van der Waals surface area contributed by atoms with Crippen LogP contribution in [0.5, 0.6) is 0 Å². The van der Waals surface area contributed by atoms with E-state index in [1.165, 1.54) is 59.0 Å². The first kappa shape index (κ1) is 22.0. The zero-order valence-electron chi connectivity index (χ0n) is 19.1. The first-order valence-corrected chi connectivity index (χ1v) is 11.4. The minimum atomic E-state index is 1.15. The number of fused-ring (bicyclic) bond motifs is 1. The number of benzene rings is 3. The molecule has 0 amide bonds. The Bertz CT molecular complexity index is 946. The Hall–Kier alpha value is -2.74. The van der Waals surface area contributed by atoms with Crippen molar-refractivity contribution in [3.63, 3.8) is 0 Å². The van der Waals surface area contributed by atoms with E-state index in [-0.39, 0.29) is 0 Å². The predicted octanol–water partition coefficient (Wildman–Crippen LogP) is 7.48. The molecule has 3 aromatic carbocycles. The van der Waals surface area contributed by atoms with Crippen molar-refractivity contribution in [2.75, 3.05) is 37.0 Å². The average Bonchev–Trinajstić information content (AvgIpc) is 2.78. The molecule has 2 nitrogen and oxygen atoms in total. The highest BCUT2D eigenvalue weighted by Crippen LogP contribution is 2.29. The van der Waals surface area contributed by atoms with E-state index in [4.69, 9.17) is 0 Å². The monoisotopic (exact) mass is 400 g/mol. The Morgan fingerprint density at radius 3 is 1.93 bits per heavy atom. The van der Waals surface area contributed by atoms with Gasteiger partial charge in [0, 0.05) is 43.9 Å². The summed E-state index contributed by atoms with van der Waals surface area (Å²) in [7, 11) is 4.20. The summed E-state index contributed by atoms with van der Waals surface area (Å²) in [6.07, 6.45) is 9.45. The standard InChI is InChI=1S/C28H36N2/c1-5-7-21-30(22-8-6-2)25-18-14-23(15-19-25)13-16-24-17-20-28(29(3)4)27-12-10-9-11-26(24)27/h9-20H,5-8,21-22H2,1-4H3/b16-13+. The van der Waals surface area contributed by atoms with Crippen LogP contribution >= 0.6 is 0 Å². The SMILES string of the molecule is CCCCN(CCCC)c1ccc(/C=C/c2ccc(N(C)C)c3ccccc23)cc1. The fourth-order valence-corrected chi connectivity index (χ4v) is 3.89. The maximum absolute atomic E-state index is 2.54. The van der Waals surface area contributed by atoms with Crippen LogP contribution in [-0.2, 0) is 0 Å². The molecule has 0 saturated heterocycles. The van der Waals surface area contributed by atoms with Crippen LogP contribution in [0.15, 0.2) is 60.7 Å². The lowest BCUT2D eigenvalue weighted by Crippen LogP contribution is -2.25. The number of unbranched alkanes of at least 4 members (excludes halogenated alkanes) is 2. The average molecular weight is 401 g/mol. The Labute approximate surface area is 182 Å². The van der Waals surface area contributed by atoms with Crippen molar-refractivity contribution >= 4 is 34.3 Å². The molecule has 3 rings (SSSR count). The first-order chi connectivity index (χ1) is 14.6. The highest BCUT2D eigenvalue weighted by molar-refractivity contribution is 6.00. The Morgan fingerprint density at radius 1 is 0.700 bits per heavy atom. The van der Waals surface area contributed by atoms with E-state index in [1.807, 2.05) is 0 Å². The normalized spacial score (nSPS) is 11.3. The van der Waals surface area contributed by atoms with Crippen LogP contribution < -0.4 is 9.80 Å². The van der Waals surface area contributed by atoms with Crippen LogP contribution in [0.3, 0.4) is 0 Å². The van der Waals surface area contributed by atoms with Gasteiger partial charge in [-0.25, -0.2) is 0 Å². The van der Waals surface area contributed by atoms with Gasteiger partial charge in [-0.1, -0.05) is 81.3 Å². The van der Waals surface area contributed by atoms with Gasteiger partial charge in [0.1, 0.15) is 0 Å². The molecule has 0 radical (unpaired) electrons. The highest BCUT2D eigenvalue weighted by atomic mass is 15.1. The largest absolute Gasteiger partial charge is 0.377 e. The maximum Gasteiger partial charge on any atom is 0.0441 e. The molecule has 0 unspecified atom stereocenters. The van der Waals surface area contributed by atoms with Gasteiger partial charge in [0.05, 0.1) is 0 Å². The van der Waals surface area contributed by atoms with Gasteiger partial charge in [0.2, 0.25) is 0 Å². The van der Waals surface area contributed by atoms with E-state index in [1.54, 1.807) is 0 Å². The highest BCUT2D eigenvalue weighted by Gasteiger charge is 2.07. The molecule has 30 heavy (non-hydrogen) atoms. The summed E-state index contributed by atoms with van der Waals surface area (Å²) in [6, 6.07) is 22.1. The molecule has 2 heteroatoms. The molecule has 0 fully saturated rings. The van der Waals surface area contributed by atoms with Crippen LogP contribution in [-0.4, -0.2) is 27.2 Å². The van der Waals surface area contributed by atoms with E-state index in [0.29, 0.717) is 0 Å². The summed E-state index contributed by atoms with van der Waals surface area (Å²) in [4.78, 5) is 4.71. The molecular weight excluding hydrogens is 364 g/mol. The van der Waals surface area contributed by atoms with Gasteiger partial charge in [0.15, 0.2) is 0 Å². The number of nitrogens with zero attached hydrogens (tertiary/aromatic N) is 2. The van der Waals surface area contributed by atoms with Crippen LogP contribution in [0.25, 0.3) is 22.9 Å². The zero-order chi connectivity index (χ0) is 21.3. The van der Waals surface area contributed by atoms with E-state index < -0.39 is 0 Å². The molecule has 0 aliphatic rings. The lowest BCUT2D eigenvalue weighted by molar-refractivity contribution is 0.678. The van der Waals surface area contributed by atoms with Crippen LogP contribution in [0.2, 0.25) is 0 Å². The number of hydrogen-bond acceptors (Lipinski definition) is 2. The lowest BCUT2D eigenvalue weighted by Gasteiger charge is -2.24. The number of rotatable bonds is 10. The fraction of sp³-hybridized carbons (Fsp3) is 0.357. The quantitative estimate of drug-likeness (QED) is 0.325. The summed E-state index contributed by atoms with van der Waals surface area (Å²) >= 11 is 0.